The van der Waals surface area contributed by atoms with Gasteiger partial charge in [-0.15, -0.1) is 0 Å². The minimum absolute atomic E-state index is 0.0521. The van der Waals surface area contributed by atoms with Crippen LogP contribution in [-0.4, -0.2) is 25.5 Å². The van der Waals surface area contributed by atoms with E-state index in [2.05, 4.69) is 0 Å². The van der Waals surface area contributed by atoms with Crippen LogP contribution >= 0.6 is 0 Å². The maximum atomic E-state index is 12.4. The van der Waals surface area contributed by atoms with Crippen molar-refractivity contribution < 1.29 is 28.2 Å². The largest absolute Gasteiger partial charge is 0.495 e. The predicted molar refractivity (Wildman–Crippen MR) is 84.5 cm³/mol. The van der Waals surface area contributed by atoms with E-state index in [0.29, 0.717) is 40.6 Å². The maximum Gasteiger partial charge on any atom is 0.347 e. The van der Waals surface area contributed by atoms with Crippen LogP contribution in [0.25, 0.3) is 11.0 Å². The van der Waals surface area contributed by atoms with E-state index < -0.39 is 11.9 Å². The fourth-order valence-corrected chi connectivity index (χ4v) is 3.97. The number of carbonyl (C=O) groups excluding carboxylic acids is 2. The molecular formula is C18H12O7. The zero-order valence-electron chi connectivity index (χ0n) is 13.2. The molecule has 1 aromatic heterocycles. The first-order valence-corrected chi connectivity index (χ1v) is 7.86. The number of benzene rings is 1. The van der Waals surface area contributed by atoms with Gasteiger partial charge < -0.3 is 18.6 Å². The van der Waals surface area contributed by atoms with Crippen molar-refractivity contribution in [1.29, 1.82) is 0 Å². The summed E-state index contributed by atoms with van der Waals surface area (Å²) in [5.74, 6) is 0.00742. The highest BCUT2D eigenvalue weighted by Gasteiger charge is 2.44. The molecule has 0 radical (unpaired) electrons. The third-order valence-electron chi connectivity index (χ3n) is 5.00. The molecule has 0 bridgehead atoms. The van der Waals surface area contributed by atoms with E-state index in [-0.39, 0.29) is 35.0 Å². The number of aryl methyl sites for hydroxylation is 1. The van der Waals surface area contributed by atoms with Crippen molar-refractivity contribution >= 4 is 23.0 Å². The Bertz CT molecular complexity index is 1060. The van der Waals surface area contributed by atoms with Crippen LogP contribution in [-0.2, 0) is 11.2 Å². The van der Waals surface area contributed by atoms with Crippen LogP contribution in [0.1, 0.15) is 44.2 Å². The molecule has 25 heavy (non-hydrogen) atoms. The summed E-state index contributed by atoms with van der Waals surface area (Å²) < 4.78 is 22.1. The topological polar surface area (TPSA) is 92.0 Å². The molecular weight excluding hydrogens is 328 g/mol. The summed E-state index contributed by atoms with van der Waals surface area (Å²) in [6.07, 6.45) is 3.99. The summed E-state index contributed by atoms with van der Waals surface area (Å²) in [4.78, 5) is 36.2. The zero-order chi connectivity index (χ0) is 17.3. The zero-order valence-corrected chi connectivity index (χ0v) is 13.2. The van der Waals surface area contributed by atoms with E-state index in [0.717, 1.165) is 0 Å². The Labute approximate surface area is 140 Å². The van der Waals surface area contributed by atoms with E-state index in [4.69, 9.17) is 18.6 Å². The van der Waals surface area contributed by atoms with Gasteiger partial charge in [-0.05, 0) is 18.1 Å². The fourth-order valence-electron chi connectivity index (χ4n) is 3.97. The van der Waals surface area contributed by atoms with Crippen molar-refractivity contribution in [3.05, 3.63) is 45.0 Å². The molecule has 1 aliphatic carbocycles. The first-order chi connectivity index (χ1) is 12.2. The lowest BCUT2D eigenvalue weighted by Gasteiger charge is -2.15. The number of aldehydes is 1. The van der Waals surface area contributed by atoms with Crippen LogP contribution in [0.4, 0.5) is 0 Å². The number of Topliss-reactive ketones (excluding diaryl/α,β-unsaturated/α-hetero) is 1. The number of ether oxygens (including phenoxy) is 3. The molecule has 0 N–H and O–H groups in total. The summed E-state index contributed by atoms with van der Waals surface area (Å²) in [7, 11) is 1.43. The minimum atomic E-state index is -0.667. The first-order valence-electron chi connectivity index (χ1n) is 7.86. The number of methoxy groups -OCH3 is 1. The molecule has 2 atom stereocenters. The van der Waals surface area contributed by atoms with Crippen LogP contribution in [0, 0.1) is 0 Å². The normalized spacial score (nSPS) is 22.4. The number of hydrogen-bond acceptors (Lipinski definition) is 7. The molecule has 3 aliphatic rings. The molecule has 0 fully saturated rings. The van der Waals surface area contributed by atoms with Crippen molar-refractivity contribution in [3.63, 3.8) is 0 Å². The Hall–Kier alpha value is -3.09. The summed E-state index contributed by atoms with van der Waals surface area (Å²) in [5, 5.41) is 0.494. The highest BCUT2D eigenvalue weighted by molar-refractivity contribution is 6.08. The standard InChI is InChI=1S/C18H12O7/c1-22-14-9(6-19)15-13(8-4-5-23-18(8)25-15)16-12(14)7-2-3-10(20)11(7)17(21)24-16/h4-6,8,18H,2-3H2,1H3. The van der Waals surface area contributed by atoms with Crippen LogP contribution in [0.2, 0.25) is 0 Å². The minimum Gasteiger partial charge on any atom is -0.495 e. The second kappa shape index (κ2) is 4.72. The van der Waals surface area contributed by atoms with Crippen LogP contribution in [0.3, 0.4) is 0 Å². The first kappa shape index (κ1) is 14.3. The van der Waals surface area contributed by atoms with Crippen molar-refractivity contribution in [3.8, 4) is 11.5 Å². The van der Waals surface area contributed by atoms with Gasteiger partial charge >= 0.3 is 5.63 Å². The Kier molecular flexibility index (Phi) is 2.69. The molecule has 5 rings (SSSR count). The number of hydrogen-bond donors (Lipinski definition) is 0. The summed E-state index contributed by atoms with van der Waals surface area (Å²) in [6.45, 7) is 0. The van der Waals surface area contributed by atoms with Crippen molar-refractivity contribution in [2.45, 2.75) is 25.0 Å². The lowest BCUT2D eigenvalue weighted by molar-refractivity contribution is -0.00510. The van der Waals surface area contributed by atoms with Crippen LogP contribution in [0.5, 0.6) is 11.5 Å². The molecule has 1 aromatic carbocycles. The van der Waals surface area contributed by atoms with E-state index in [1.54, 1.807) is 6.08 Å². The summed E-state index contributed by atoms with van der Waals surface area (Å²) >= 11 is 0. The van der Waals surface area contributed by atoms with Crippen molar-refractivity contribution in [2.75, 3.05) is 7.11 Å². The highest BCUT2D eigenvalue weighted by atomic mass is 16.7. The van der Waals surface area contributed by atoms with E-state index in [9.17, 15) is 14.4 Å². The molecule has 0 saturated heterocycles. The van der Waals surface area contributed by atoms with E-state index in [1.165, 1.54) is 13.4 Å². The highest BCUT2D eigenvalue weighted by Crippen LogP contribution is 2.52. The molecule has 3 heterocycles. The average Bonchev–Trinajstić information content (AvgIpc) is 3.28. The van der Waals surface area contributed by atoms with Gasteiger partial charge in [0.2, 0.25) is 0 Å². The molecule has 2 unspecified atom stereocenters. The van der Waals surface area contributed by atoms with Gasteiger partial charge in [-0.3, -0.25) is 9.59 Å². The second-order valence-electron chi connectivity index (χ2n) is 6.15. The quantitative estimate of drug-likeness (QED) is 0.610. The smallest absolute Gasteiger partial charge is 0.347 e. The predicted octanol–water partition coefficient (Wildman–Crippen LogP) is 2.09. The van der Waals surface area contributed by atoms with E-state index >= 15 is 0 Å². The van der Waals surface area contributed by atoms with Gasteiger partial charge in [0.15, 0.2) is 12.1 Å². The second-order valence-corrected chi connectivity index (χ2v) is 6.15. The Morgan fingerprint density at radius 3 is 2.88 bits per heavy atom. The molecule has 0 amide bonds. The lowest BCUT2D eigenvalue weighted by Crippen LogP contribution is -2.14. The van der Waals surface area contributed by atoms with Gasteiger partial charge in [0.25, 0.3) is 6.29 Å². The van der Waals surface area contributed by atoms with Gasteiger partial charge in [0, 0.05) is 6.42 Å². The lowest BCUT2D eigenvalue weighted by atomic mass is 9.93. The third kappa shape index (κ3) is 1.62. The molecule has 2 aliphatic heterocycles. The number of carbonyl (C=O) groups is 2. The SMILES string of the molecule is COc1c(C=O)c2c(c3oc(=O)c4c(c13)CCC4=O)C1C=COC1O2. The van der Waals surface area contributed by atoms with E-state index in [1.807, 2.05) is 0 Å². The summed E-state index contributed by atoms with van der Waals surface area (Å²) in [6, 6.07) is 0. The summed E-state index contributed by atoms with van der Waals surface area (Å²) in [5.41, 5.74) is 1.06. The van der Waals surface area contributed by atoms with Crippen molar-refractivity contribution in [1.82, 2.24) is 0 Å². The molecule has 7 heteroatoms. The maximum absolute atomic E-state index is 12.4. The fraction of sp³-hybridized carbons (Fsp3) is 0.278. The molecule has 126 valence electrons. The molecule has 0 saturated carbocycles. The molecule has 0 spiro atoms. The van der Waals surface area contributed by atoms with Crippen LogP contribution in [0.15, 0.2) is 21.5 Å². The molecule has 7 nitrogen and oxygen atoms in total. The van der Waals surface area contributed by atoms with Gasteiger partial charge in [-0.25, -0.2) is 4.79 Å². The van der Waals surface area contributed by atoms with Gasteiger partial charge in [-0.2, -0.15) is 0 Å². The van der Waals surface area contributed by atoms with Crippen LogP contribution < -0.4 is 15.1 Å². The van der Waals surface area contributed by atoms with Gasteiger partial charge in [0.1, 0.15) is 22.6 Å². The number of fused-ring (bicyclic) bond motifs is 7. The average molecular weight is 340 g/mol. The number of ketones is 1. The Morgan fingerprint density at radius 2 is 2.12 bits per heavy atom. The third-order valence-corrected chi connectivity index (χ3v) is 5.00. The van der Waals surface area contributed by atoms with Gasteiger partial charge in [0.05, 0.1) is 35.8 Å². The number of rotatable bonds is 2. The van der Waals surface area contributed by atoms with Crippen molar-refractivity contribution in [2.24, 2.45) is 0 Å². The molecule has 2 aromatic rings. The Balaban J connectivity index is 2.01. The van der Waals surface area contributed by atoms with Gasteiger partial charge in [-0.1, -0.05) is 0 Å². The monoisotopic (exact) mass is 340 g/mol. The Morgan fingerprint density at radius 1 is 1.28 bits per heavy atom.